The molecule has 8 nitrogen and oxygen atoms in total. The number of benzene rings is 3. The highest BCUT2D eigenvalue weighted by Crippen LogP contribution is 2.33. The lowest BCUT2D eigenvalue weighted by molar-refractivity contribution is -0.0592. The molecule has 5 aromatic rings. The Labute approximate surface area is 247 Å². The van der Waals surface area contributed by atoms with Crippen molar-refractivity contribution >= 4 is 39.6 Å². The van der Waals surface area contributed by atoms with Crippen molar-refractivity contribution in [2.45, 2.75) is 51.5 Å². The first-order valence-corrected chi connectivity index (χ1v) is 14.6. The van der Waals surface area contributed by atoms with E-state index in [9.17, 15) is 9.18 Å². The van der Waals surface area contributed by atoms with Crippen molar-refractivity contribution in [2.24, 2.45) is 0 Å². The van der Waals surface area contributed by atoms with E-state index in [0.717, 1.165) is 65.4 Å². The molecule has 4 heterocycles. The van der Waals surface area contributed by atoms with Gasteiger partial charge in [-0.15, -0.1) is 0 Å². The molecule has 42 heavy (non-hydrogen) atoms. The minimum absolute atomic E-state index is 0.0325. The molecule has 0 radical (unpaired) electrons. The van der Waals surface area contributed by atoms with Gasteiger partial charge in [0.1, 0.15) is 17.5 Å². The molecule has 0 N–H and O–H groups in total. The van der Waals surface area contributed by atoms with Crippen LogP contribution in [0.4, 0.5) is 4.39 Å². The van der Waals surface area contributed by atoms with Crippen LogP contribution in [0.5, 0.6) is 0 Å². The van der Waals surface area contributed by atoms with Gasteiger partial charge >= 0.3 is 5.97 Å². The minimum Gasteiger partial charge on any atom is -0.465 e. The van der Waals surface area contributed by atoms with Gasteiger partial charge in [-0.25, -0.2) is 19.2 Å². The van der Waals surface area contributed by atoms with Crippen LogP contribution in [0, 0.1) is 5.82 Å². The number of hydrogen-bond donors (Lipinski definition) is 0. The van der Waals surface area contributed by atoms with Crippen LogP contribution in [-0.4, -0.2) is 56.3 Å². The molecule has 0 amide bonds. The molecule has 1 saturated heterocycles. The Morgan fingerprint density at radius 3 is 2.71 bits per heavy atom. The zero-order chi connectivity index (χ0) is 29.0. The summed E-state index contributed by atoms with van der Waals surface area (Å²) in [6.45, 7) is 5.86. The number of imidazole rings is 2. The third-order valence-corrected chi connectivity index (χ3v) is 8.83. The highest BCUT2D eigenvalue weighted by Gasteiger charge is 2.30. The average molecular weight is 588 g/mol. The van der Waals surface area contributed by atoms with Crippen molar-refractivity contribution in [3.8, 4) is 0 Å². The van der Waals surface area contributed by atoms with Crippen LogP contribution in [0.25, 0.3) is 22.1 Å². The number of halogens is 2. The molecule has 10 heteroatoms. The van der Waals surface area contributed by atoms with E-state index >= 15 is 0 Å². The van der Waals surface area contributed by atoms with Crippen molar-refractivity contribution in [1.82, 2.24) is 24.0 Å². The normalized spacial score (nSPS) is 18.8. The number of carbonyl (C=O) groups excluding carboxylic acids is 1. The second kappa shape index (κ2) is 10.8. The number of esters is 1. The second-order valence-corrected chi connectivity index (χ2v) is 11.5. The minimum atomic E-state index is -0.368. The first-order valence-electron chi connectivity index (χ1n) is 14.2. The lowest BCUT2D eigenvalue weighted by atomic mass is 10.0. The molecule has 0 spiro atoms. The molecule has 0 aliphatic carbocycles. The van der Waals surface area contributed by atoms with Crippen LogP contribution < -0.4 is 0 Å². The molecule has 2 aromatic heterocycles. The first-order chi connectivity index (χ1) is 20.4. The summed E-state index contributed by atoms with van der Waals surface area (Å²) in [7, 11) is 1.39. The van der Waals surface area contributed by atoms with Crippen molar-refractivity contribution < 1.29 is 18.7 Å². The summed E-state index contributed by atoms with van der Waals surface area (Å²) in [5.74, 6) is 1.24. The quantitative estimate of drug-likeness (QED) is 0.220. The fourth-order valence-corrected chi connectivity index (χ4v) is 6.31. The Morgan fingerprint density at radius 2 is 1.95 bits per heavy atom. The summed E-state index contributed by atoms with van der Waals surface area (Å²) in [6, 6.07) is 16.5. The molecule has 2 unspecified atom stereocenters. The monoisotopic (exact) mass is 587 g/mol. The van der Waals surface area contributed by atoms with Crippen molar-refractivity contribution in [3.63, 3.8) is 0 Å². The van der Waals surface area contributed by atoms with E-state index in [1.54, 1.807) is 18.2 Å². The maximum atomic E-state index is 14.6. The van der Waals surface area contributed by atoms with Gasteiger partial charge in [-0.3, -0.25) is 4.90 Å². The molecule has 2 aliphatic heterocycles. The van der Waals surface area contributed by atoms with E-state index in [4.69, 9.17) is 31.0 Å². The molecule has 1 fully saturated rings. The van der Waals surface area contributed by atoms with E-state index in [1.165, 1.54) is 13.2 Å². The van der Waals surface area contributed by atoms with E-state index in [2.05, 4.69) is 27.0 Å². The molecule has 3 aromatic carbocycles. The Balaban J connectivity index is 1.20. The fourth-order valence-electron chi connectivity index (χ4n) is 6.15. The molecule has 2 atom stereocenters. The number of methoxy groups -OCH3 is 1. The Hall–Kier alpha value is -3.79. The van der Waals surface area contributed by atoms with Crippen molar-refractivity contribution in [2.75, 3.05) is 20.3 Å². The SMILES string of the molecule is COC(=O)c1ccc2nc(CN3CCn4c(nc5c(Cc6ccc(Cl)cc6F)cccc54)C3C)n(CC3CCO3)c2c1. The third-order valence-electron chi connectivity index (χ3n) is 8.59. The molecule has 2 aliphatic rings. The Morgan fingerprint density at radius 1 is 1.10 bits per heavy atom. The zero-order valence-corrected chi connectivity index (χ0v) is 24.3. The van der Waals surface area contributed by atoms with Gasteiger partial charge in [0, 0.05) is 31.1 Å². The van der Waals surface area contributed by atoms with Crippen LogP contribution in [0.15, 0.2) is 54.6 Å². The summed E-state index contributed by atoms with van der Waals surface area (Å²) in [5, 5.41) is 0.387. The van der Waals surface area contributed by atoms with Gasteiger partial charge in [-0.1, -0.05) is 29.8 Å². The van der Waals surface area contributed by atoms with Gasteiger partial charge in [0.15, 0.2) is 0 Å². The average Bonchev–Trinajstić information content (AvgIpc) is 3.51. The number of ether oxygens (including phenoxy) is 2. The number of carbonyl (C=O) groups is 1. The number of rotatable bonds is 7. The van der Waals surface area contributed by atoms with Crippen LogP contribution in [0.1, 0.15) is 52.5 Å². The van der Waals surface area contributed by atoms with E-state index in [-0.39, 0.29) is 23.9 Å². The van der Waals surface area contributed by atoms with Crippen molar-refractivity contribution in [3.05, 3.63) is 93.8 Å². The third kappa shape index (κ3) is 4.75. The molecular weight excluding hydrogens is 557 g/mol. The van der Waals surface area contributed by atoms with Crippen LogP contribution in [0.2, 0.25) is 5.02 Å². The molecular formula is C32H31ClFN5O3. The lowest BCUT2D eigenvalue weighted by Gasteiger charge is -2.34. The van der Waals surface area contributed by atoms with Crippen molar-refractivity contribution in [1.29, 1.82) is 0 Å². The van der Waals surface area contributed by atoms with E-state index in [0.29, 0.717) is 35.7 Å². The number of hydrogen-bond acceptors (Lipinski definition) is 6. The lowest BCUT2D eigenvalue weighted by Crippen LogP contribution is -2.38. The van der Waals surface area contributed by atoms with Gasteiger partial charge in [0.25, 0.3) is 0 Å². The van der Waals surface area contributed by atoms with Crippen LogP contribution in [0.3, 0.4) is 0 Å². The van der Waals surface area contributed by atoms with Crippen LogP contribution in [-0.2, 0) is 35.5 Å². The first kappa shape index (κ1) is 27.1. The topological polar surface area (TPSA) is 74.4 Å². The Kier molecular flexibility index (Phi) is 6.96. The number of fused-ring (bicyclic) bond motifs is 4. The number of aromatic nitrogens is 4. The van der Waals surface area contributed by atoms with Gasteiger partial charge < -0.3 is 18.6 Å². The van der Waals surface area contributed by atoms with Gasteiger partial charge in [0.2, 0.25) is 0 Å². The summed E-state index contributed by atoms with van der Waals surface area (Å²) in [4.78, 5) is 24.8. The maximum absolute atomic E-state index is 14.6. The molecule has 216 valence electrons. The molecule has 0 saturated carbocycles. The van der Waals surface area contributed by atoms with Gasteiger partial charge in [-0.05, 0) is 60.9 Å². The Bertz CT molecular complexity index is 1830. The summed E-state index contributed by atoms with van der Waals surface area (Å²) >= 11 is 5.97. The van der Waals surface area contributed by atoms with E-state index < -0.39 is 0 Å². The van der Waals surface area contributed by atoms with Gasteiger partial charge in [0.05, 0.1) is 60.0 Å². The fraction of sp³-hybridized carbons (Fsp3) is 0.344. The second-order valence-electron chi connectivity index (χ2n) is 11.1. The molecule has 7 rings (SSSR count). The summed E-state index contributed by atoms with van der Waals surface area (Å²) < 4.78 is 29.8. The standard InChI is InChI=1S/C32H31ClFN5O3/c1-19-31-36-30-21(14-20-6-8-23(33)16-25(20)34)4-3-5-27(30)38(31)12-11-37(19)18-29-35-26-9-7-22(32(40)41-2)15-28(26)39(29)17-24-10-13-42-24/h3-9,15-16,19,24H,10-14,17-18H2,1-2H3. The van der Waals surface area contributed by atoms with Gasteiger partial charge in [-0.2, -0.15) is 0 Å². The highest BCUT2D eigenvalue weighted by molar-refractivity contribution is 6.30. The summed E-state index contributed by atoms with van der Waals surface area (Å²) in [6.07, 6.45) is 1.58. The van der Waals surface area contributed by atoms with Crippen LogP contribution >= 0.6 is 11.6 Å². The summed E-state index contributed by atoms with van der Waals surface area (Å²) in [5.41, 5.74) is 5.79. The number of para-hydroxylation sites is 1. The maximum Gasteiger partial charge on any atom is 0.337 e. The van der Waals surface area contributed by atoms with E-state index in [1.807, 2.05) is 24.3 Å². The highest BCUT2D eigenvalue weighted by atomic mass is 35.5. The predicted molar refractivity (Wildman–Crippen MR) is 158 cm³/mol. The zero-order valence-electron chi connectivity index (χ0n) is 23.5. The smallest absolute Gasteiger partial charge is 0.337 e. The molecule has 0 bridgehead atoms. The predicted octanol–water partition coefficient (Wildman–Crippen LogP) is 5.92. The largest absolute Gasteiger partial charge is 0.465 e. The number of nitrogens with zero attached hydrogens (tertiary/aromatic N) is 5.